The van der Waals surface area contributed by atoms with Crippen LogP contribution in [0, 0.1) is 0 Å². The molecule has 2 rings (SSSR count). The Morgan fingerprint density at radius 1 is 0.696 bits per heavy atom. The van der Waals surface area contributed by atoms with Crippen molar-refractivity contribution in [1.82, 2.24) is 0 Å². The van der Waals surface area contributed by atoms with E-state index < -0.39 is 74.7 Å². The lowest BCUT2D eigenvalue weighted by atomic mass is 9.98. The van der Waals surface area contributed by atoms with E-state index in [9.17, 15) is 29.9 Å². The van der Waals surface area contributed by atoms with Gasteiger partial charge in [-0.3, -0.25) is 0 Å². The van der Waals surface area contributed by atoms with Gasteiger partial charge in [0.25, 0.3) is 0 Å². The zero-order valence-corrected chi connectivity index (χ0v) is 11.9. The van der Waals surface area contributed by atoms with Crippen LogP contribution in [-0.4, -0.2) is 110 Å². The number of aliphatic hydroxyl groups excluding tert-OH is 7. The molecular formula is C12H21FO10. The van der Waals surface area contributed by atoms with Gasteiger partial charge in [-0.1, -0.05) is 0 Å². The van der Waals surface area contributed by atoms with Gasteiger partial charge in [-0.15, -0.1) is 0 Å². The van der Waals surface area contributed by atoms with Gasteiger partial charge in [0, 0.05) is 0 Å². The molecule has 23 heavy (non-hydrogen) atoms. The van der Waals surface area contributed by atoms with Crippen molar-refractivity contribution in [3.8, 4) is 0 Å². The van der Waals surface area contributed by atoms with Gasteiger partial charge in [0.05, 0.1) is 13.2 Å². The van der Waals surface area contributed by atoms with Crippen LogP contribution in [0.15, 0.2) is 0 Å². The number of aliphatic hydroxyl groups is 7. The molecular weight excluding hydrogens is 323 g/mol. The Bertz CT molecular complexity index is 349. The molecule has 0 spiro atoms. The Morgan fingerprint density at radius 3 is 1.70 bits per heavy atom. The van der Waals surface area contributed by atoms with Crippen molar-refractivity contribution in [3.63, 3.8) is 0 Å². The van der Waals surface area contributed by atoms with Gasteiger partial charge in [-0.25, -0.2) is 4.39 Å². The summed E-state index contributed by atoms with van der Waals surface area (Å²) in [4.78, 5) is 0. The number of hydrogen-bond acceptors (Lipinski definition) is 10. The van der Waals surface area contributed by atoms with Crippen LogP contribution in [0.5, 0.6) is 0 Å². The topological polar surface area (TPSA) is 169 Å². The SMILES string of the molecule is OCC1O[C@H](O[C@H]2OC(CO)[C@@H](F)C(O)C2O)C(O)C(O)[C@@H]1O. The van der Waals surface area contributed by atoms with E-state index in [1.54, 1.807) is 0 Å². The molecule has 0 aromatic carbocycles. The molecule has 2 heterocycles. The number of hydrogen-bond donors (Lipinski definition) is 7. The fourth-order valence-electron chi connectivity index (χ4n) is 2.47. The Morgan fingerprint density at radius 2 is 1.17 bits per heavy atom. The molecule has 0 bridgehead atoms. The van der Waals surface area contributed by atoms with E-state index in [2.05, 4.69) is 0 Å². The van der Waals surface area contributed by atoms with Crippen molar-refractivity contribution in [1.29, 1.82) is 0 Å². The van der Waals surface area contributed by atoms with E-state index in [0.717, 1.165) is 0 Å². The lowest BCUT2D eigenvalue weighted by molar-refractivity contribution is -0.373. The number of rotatable bonds is 4. The summed E-state index contributed by atoms with van der Waals surface area (Å²) in [5.74, 6) is 0. The second-order valence-electron chi connectivity index (χ2n) is 5.48. The molecule has 10 nitrogen and oxygen atoms in total. The average Bonchev–Trinajstić information content (AvgIpc) is 2.55. The molecule has 10 atom stereocenters. The lowest BCUT2D eigenvalue weighted by Gasteiger charge is -2.44. The Kier molecular flexibility index (Phi) is 6.24. The van der Waals surface area contributed by atoms with E-state index in [0.29, 0.717) is 0 Å². The molecule has 2 saturated heterocycles. The van der Waals surface area contributed by atoms with Crippen molar-refractivity contribution < 1.29 is 54.3 Å². The molecule has 6 unspecified atom stereocenters. The van der Waals surface area contributed by atoms with Gasteiger partial charge < -0.3 is 50.0 Å². The minimum Gasteiger partial charge on any atom is -0.394 e. The van der Waals surface area contributed by atoms with Crippen molar-refractivity contribution in [2.24, 2.45) is 0 Å². The largest absolute Gasteiger partial charge is 0.394 e. The maximum atomic E-state index is 13.6. The highest BCUT2D eigenvalue weighted by atomic mass is 19.1. The van der Waals surface area contributed by atoms with Gasteiger partial charge in [-0.05, 0) is 0 Å². The van der Waals surface area contributed by atoms with Gasteiger partial charge in [0.1, 0.15) is 42.7 Å². The Hall–Kier alpha value is -0.470. The monoisotopic (exact) mass is 344 g/mol. The zero-order valence-electron chi connectivity index (χ0n) is 11.9. The van der Waals surface area contributed by atoms with Gasteiger partial charge in [0.15, 0.2) is 18.8 Å². The third kappa shape index (κ3) is 3.64. The number of ether oxygens (including phenoxy) is 3. The third-order valence-corrected chi connectivity index (χ3v) is 3.92. The maximum absolute atomic E-state index is 13.6. The van der Waals surface area contributed by atoms with E-state index in [1.165, 1.54) is 0 Å². The predicted octanol–water partition coefficient (Wildman–Crippen LogP) is -4.42. The summed E-state index contributed by atoms with van der Waals surface area (Å²) in [6.45, 7) is -1.48. The lowest BCUT2D eigenvalue weighted by Crippen LogP contribution is -2.63. The minimum atomic E-state index is -2.05. The first-order valence-electron chi connectivity index (χ1n) is 7.04. The average molecular weight is 344 g/mol. The van der Waals surface area contributed by atoms with Crippen LogP contribution in [0.1, 0.15) is 0 Å². The van der Waals surface area contributed by atoms with Crippen LogP contribution >= 0.6 is 0 Å². The number of alkyl halides is 1. The molecule has 0 amide bonds. The van der Waals surface area contributed by atoms with Crippen LogP contribution in [0.4, 0.5) is 4.39 Å². The standard InChI is InChI=1S/C12H21FO10/c13-5-3(1-14)21-11(9(19)7(5)17)23-12-10(20)8(18)6(16)4(2-15)22-12/h3-12,14-20H,1-2H2/t3?,4?,5-,6-,7?,8?,9?,10?,11-,12-/m1/s1. The van der Waals surface area contributed by atoms with E-state index in [-0.39, 0.29) is 0 Å². The fraction of sp³-hybridized carbons (Fsp3) is 1.00. The van der Waals surface area contributed by atoms with Gasteiger partial charge >= 0.3 is 0 Å². The third-order valence-electron chi connectivity index (χ3n) is 3.92. The highest BCUT2D eigenvalue weighted by molar-refractivity contribution is 4.92. The van der Waals surface area contributed by atoms with Gasteiger partial charge in [0.2, 0.25) is 0 Å². The molecule has 2 aliphatic rings. The summed E-state index contributed by atoms with van der Waals surface area (Å²) in [5, 5.41) is 66.5. The van der Waals surface area contributed by atoms with Crippen molar-refractivity contribution >= 4 is 0 Å². The summed E-state index contributed by atoms with van der Waals surface area (Å²) in [6.07, 6.45) is -16.9. The maximum Gasteiger partial charge on any atom is 0.189 e. The summed E-state index contributed by atoms with van der Waals surface area (Å²) in [6, 6.07) is 0. The quantitative estimate of drug-likeness (QED) is 0.264. The predicted molar refractivity (Wildman–Crippen MR) is 67.5 cm³/mol. The van der Waals surface area contributed by atoms with E-state index in [1.807, 2.05) is 0 Å². The minimum absolute atomic E-state index is 0.687. The molecule has 136 valence electrons. The van der Waals surface area contributed by atoms with Crippen LogP contribution in [-0.2, 0) is 14.2 Å². The highest BCUT2D eigenvalue weighted by Gasteiger charge is 2.50. The second-order valence-corrected chi connectivity index (χ2v) is 5.48. The highest BCUT2D eigenvalue weighted by Crippen LogP contribution is 2.28. The summed E-state index contributed by atoms with van der Waals surface area (Å²) in [5.41, 5.74) is 0. The molecule has 2 aliphatic heterocycles. The summed E-state index contributed by atoms with van der Waals surface area (Å²) in [7, 11) is 0. The zero-order chi connectivity index (χ0) is 17.3. The Balaban J connectivity index is 2.07. The molecule has 0 aliphatic carbocycles. The van der Waals surface area contributed by atoms with Crippen LogP contribution < -0.4 is 0 Å². The molecule has 0 aromatic rings. The first kappa shape index (κ1) is 18.9. The van der Waals surface area contributed by atoms with Crippen LogP contribution in [0.3, 0.4) is 0 Å². The van der Waals surface area contributed by atoms with Crippen molar-refractivity contribution in [2.75, 3.05) is 13.2 Å². The van der Waals surface area contributed by atoms with Crippen molar-refractivity contribution in [2.45, 2.75) is 61.5 Å². The first-order chi connectivity index (χ1) is 10.8. The first-order valence-corrected chi connectivity index (χ1v) is 7.04. The van der Waals surface area contributed by atoms with Gasteiger partial charge in [-0.2, -0.15) is 0 Å². The fourth-order valence-corrected chi connectivity index (χ4v) is 2.47. The van der Waals surface area contributed by atoms with Crippen LogP contribution in [0.2, 0.25) is 0 Å². The van der Waals surface area contributed by atoms with Crippen LogP contribution in [0.25, 0.3) is 0 Å². The van der Waals surface area contributed by atoms with Crippen molar-refractivity contribution in [3.05, 3.63) is 0 Å². The molecule has 0 radical (unpaired) electrons. The molecule has 2 fully saturated rings. The molecule has 11 heteroatoms. The Labute approximate surface area is 130 Å². The molecule has 0 saturated carbocycles. The number of halogens is 1. The summed E-state index contributed by atoms with van der Waals surface area (Å²) < 4.78 is 28.7. The normalized spacial score (nSPS) is 51.7. The smallest absolute Gasteiger partial charge is 0.189 e. The molecule has 7 N–H and O–H groups in total. The second kappa shape index (κ2) is 7.61. The molecule has 0 aromatic heterocycles. The summed E-state index contributed by atoms with van der Waals surface area (Å²) >= 11 is 0. The van der Waals surface area contributed by atoms with E-state index in [4.69, 9.17) is 24.4 Å². The van der Waals surface area contributed by atoms with E-state index >= 15 is 0 Å².